The van der Waals surface area contributed by atoms with Crippen molar-refractivity contribution < 1.29 is 14.6 Å². The maximum atomic E-state index is 12.4. The summed E-state index contributed by atoms with van der Waals surface area (Å²) < 4.78 is 5.73. The Labute approximate surface area is 134 Å². The summed E-state index contributed by atoms with van der Waals surface area (Å²) in [7, 11) is 0. The summed E-state index contributed by atoms with van der Waals surface area (Å²) in [6, 6.07) is 0. The first-order chi connectivity index (χ1) is 10.4. The van der Waals surface area contributed by atoms with Gasteiger partial charge in [0, 0.05) is 17.4 Å². The summed E-state index contributed by atoms with van der Waals surface area (Å²) in [4.78, 5) is 12.4. The Balaban J connectivity index is 1.83. The van der Waals surface area contributed by atoms with Crippen molar-refractivity contribution >= 4 is 5.97 Å². The molecule has 3 nitrogen and oxygen atoms in total. The minimum atomic E-state index is -1.29. The Morgan fingerprint density at radius 3 is 2.09 bits per heavy atom. The lowest BCUT2D eigenvalue weighted by atomic mass is 9.47. The fourth-order valence-corrected chi connectivity index (χ4v) is 5.77. The van der Waals surface area contributed by atoms with Gasteiger partial charge in [0.25, 0.3) is 0 Å². The standard InChI is InChI=1S/C19H30O3/c1-4-6-13(3)17(20)22-19(21,5-2)18-10-14-7-15(11-18)9-16(8-14)12-18/h6,14-16,21H,4-5,7-12H2,1-3H3/b13-6+. The highest BCUT2D eigenvalue weighted by atomic mass is 16.7. The Morgan fingerprint density at radius 2 is 1.68 bits per heavy atom. The minimum absolute atomic E-state index is 0.196. The number of carbonyl (C=O) groups is 1. The molecule has 0 radical (unpaired) electrons. The lowest BCUT2D eigenvalue weighted by molar-refractivity contribution is -0.295. The molecular formula is C19H30O3. The average molecular weight is 306 g/mol. The highest BCUT2D eigenvalue weighted by Crippen LogP contribution is 2.64. The van der Waals surface area contributed by atoms with Gasteiger partial charge in [0.1, 0.15) is 0 Å². The predicted octanol–water partition coefficient (Wildman–Crippen LogP) is 4.20. The highest BCUT2D eigenvalue weighted by Gasteiger charge is 2.61. The average Bonchev–Trinajstić information content (AvgIpc) is 2.45. The maximum Gasteiger partial charge on any atom is 0.335 e. The molecular weight excluding hydrogens is 276 g/mol. The first kappa shape index (κ1) is 16.0. The lowest BCUT2D eigenvalue weighted by Gasteiger charge is -2.61. The fraction of sp³-hybridized carbons (Fsp3) is 0.842. The lowest BCUT2D eigenvalue weighted by Crippen LogP contribution is -2.59. The van der Waals surface area contributed by atoms with Crippen molar-refractivity contribution in [3.05, 3.63) is 11.6 Å². The van der Waals surface area contributed by atoms with Crippen LogP contribution in [0, 0.1) is 23.2 Å². The van der Waals surface area contributed by atoms with Gasteiger partial charge < -0.3 is 9.84 Å². The third-order valence-electron chi connectivity index (χ3n) is 6.44. The van der Waals surface area contributed by atoms with Crippen LogP contribution in [0.25, 0.3) is 0 Å². The number of rotatable bonds is 5. The van der Waals surface area contributed by atoms with Crippen LogP contribution in [-0.2, 0) is 9.53 Å². The van der Waals surface area contributed by atoms with Gasteiger partial charge in [-0.2, -0.15) is 0 Å². The normalized spacial score (nSPS) is 39.6. The van der Waals surface area contributed by atoms with Gasteiger partial charge in [-0.3, -0.25) is 0 Å². The van der Waals surface area contributed by atoms with Crippen molar-refractivity contribution in [3.63, 3.8) is 0 Å². The maximum absolute atomic E-state index is 12.4. The number of esters is 1. The van der Waals surface area contributed by atoms with Crippen LogP contribution < -0.4 is 0 Å². The van der Waals surface area contributed by atoms with Gasteiger partial charge in [0.15, 0.2) is 0 Å². The van der Waals surface area contributed by atoms with E-state index in [-0.39, 0.29) is 11.4 Å². The van der Waals surface area contributed by atoms with E-state index in [0.717, 1.165) is 43.4 Å². The van der Waals surface area contributed by atoms with E-state index >= 15 is 0 Å². The number of aliphatic hydroxyl groups is 1. The molecule has 4 bridgehead atoms. The molecule has 0 aromatic rings. The quantitative estimate of drug-likeness (QED) is 0.470. The van der Waals surface area contributed by atoms with Gasteiger partial charge >= 0.3 is 5.97 Å². The third-order valence-corrected chi connectivity index (χ3v) is 6.44. The molecule has 0 heterocycles. The molecule has 3 heteroatoms. The Bertz CT molecular complexity index is 444. The number of hydrogen-bond acceptors (Lipinski definition) is 3. The largest absolute Gasteiger partial charge is 0.429 e. The molecule has 4 fully saturated rings. The van der Waals surface area contributed by atoms with Crippen LogP contribution in [0.4, 0.5) is 0 Å². The van der Waals surface area contributed by atoms with Gasteiger partial charge in [-0.1, -0.05) is 19.9 Å². The molecule has 4 aliphatic rings. The monoisotopic (exact) mass is 306 g/mol. The Kier molecular flexibility index (Phi) is 4.13. The van der Waals surface area contributed by atoms with Crippen molar-refractivity contribution in [1.29, 1.82) is 0 Å². The molecule has 0 aromatic heterocycles. The fourth-order valence-electron chi connectivity index (χ4n) is 5.77. The second kappa shape index (κ2) is 5.67. The summed E-state index contributed by atoms with van der Waals surface area (Å²) in [6.45, 7) is 5.73. The van der Waals surface area contributed by atoms with E-state index in [1.54, 1.807) is 6.92 Å². The molecule has 0 amide bonds. The SMILES string of the molecule is CC/C=C(\C)C(=O)OC(O)(CC)C12CC3CC(CC(C3)C1)C2. The van der Waals surface area contributed by atoms with E-state index in [0.29, 0.717) is 12.0 Å². The van der Waals surface area contributed by atoms with Crippen molar-refractivity contribution in [1.82, 2.24) is 0 Å². The number of allylic oxidation sites excluding steroid dienone is 1. The van der Waals surface area contributed by atoms with Crippen molar-refractivity contribution in [3.8, 4) is 0 Å². The molecule has 4 aliphatic carbocycles. The van der Waals surface area contributed by atoms with Gasteiger partial charge in [-0.25, -0.2) is 4.79 Å². The van der Waals surface area contributed by atoms with Crippen LogP contribution >= 0.6 is 0 Å². The van der Waals surface area contributed by atoms with Crippen LogP contribution in [0.5, 0.6) is 0 Å². The highest BCUT2D eigenvalue weighted by molar-refractivity contribution is 5.88. The molecule has 124 valence electrons. The zero-order valence-corrected chi connectivity index (χ0v) is 14.2. The second-order valence-corrected chi connectivity index (χ2v) is 8.02. The Hall–Kier alpha value is -0.830. The first-order valence-corrected chi connectivity index (χ1v) is 9.04. The van der Waals surface area contributed by atoms with E-state index in [1.165, 1.54) is 19.3 Å². The molecule has 1 atom stereocenters. The molecule has 0 aliphatic heterocycles. The van der Waals surface area contributed by atoms with Crippen LogP contribution in [0.15, 0.2) is 11.6 Å². The molecule has 0 aromatic carbocycles. The smallest absolute Gasteiger partial charge is 0.335 e. The second-order valence-electron chi connectivity index (χ2n) is 8.02. The molecule has 1 N–H and O–H groups in total. The molecule has 4 saturated carbocycles. The van der Waals surface area contributed by atoms with E-state index in [2.05, 4.69) is 0 Å². The summed E-state index contributed by atoms with van der Waals surface area (Å²) in [5.74, 6) is 0.561. The number of ether oxygens (including phenoxy) is 1. The minimum Gasteiger partial charge on any atom is -0.429 e. The van der Waals surface area contributed by atoms with Gasteiger partial charge in [0.2, 0.25) is 5.79 Å². The topological polar surface area (TPSA) is 46.5 Å². The van der Waals surface area contributed by atoms with Gasteiger partial charge in [-0.15, -0.1) is 0 Å². The third kappa shape index (κ3) is 2.51. The van der Waals surface area contributed by atoms with Crippen LogP contribution in [-0.4, -0.2) is 16.9 Å². The van der Waals surface area contributed by atoms with Crippen LogP contribution in [0.1, 0.15) is 72.1 Å². The van der Waals surface area contributed by atoms with Crippen molar-refractivity contribution in [2.75, 3.05) is 0 Å². The summed E-state index contributed by atoms with van der Waals surface area (Å²) in [6.07, 6.45) is 10.2. The Morgan fingerprint density at radius 1 is 1.18 bits per heavy atom. The van der Waals surface area contributed by atoms with Crippen molar-refractivity contribution in [2.24, 2.45) is 23.2 Å². The summed E-state index contributed by atoms with van der Waals surface area (Å²) in [5, 5.41) is 11.3. The van der Waals surface area contributed by atoms with E-state index in [1.807, 2.05) is 19.9 Å². The van der Waals surface area contributed by atoms with E-state index < -0.39 is 5.79 Å². The van der Waals surface area contributed by atoms with E-state index in [4.69, 9.17) is 4.74 Å². The van der Waals surface area contributed by atoms with Crippen molar-refractivity contribution in [2.45, 2.75) is 77.9 Å². The molecule has 1 unspecified atom stereocenters. The molecule has 0 saturated heterocycles. The summed E-state index contributed by atoms with van der Waals surface area (Å²) in [5.41, 5.74) is 0.415. The predicted molar refractivity (Wildman–Crippen MR) is 86.0 cm³/mol. The van der Waals surface area contributed by atoms with Gasteiger partial charge in [0.05, 0.1) is 0 Å². The zero-order valence-electron chi connectivity index (χ0n) is 14.2. The van der Waals surface area contributed by atoms with Gasteiger partial charge in [-0.05, 0) is 69.6 Å². The van der Waals surface area contributed by atoms with Crippen LogP contribution in [0.3, 0.4) is 0 Å². The van der Waals surface area contributed by atoms with Crippen LogP contribution in [0.2, 0.25) is 0 Å². The first-order valence-electron chi connectivity index (χ1n) is 9.04. The van der Waals surface area contributed by atoms with E-state index in [9.17, 15) is 9.90 Å². The number of hydrogen-bond donors (Lipinski definition) is 1. The number of carbonyl (C=O) groups excluding carboxylic acids is 1. The molecule has 22 heavy (non-hydrogen) atoms. The zero-order chi connectivity index (χ0) is 16.0. The molecule has 0 spiro atoms. The summed E-state index contributed by atoms with van der Waals surface area (Å²) >= 11 is 0. The molecule has 4 rings (SSSR count).